The lowest BCUT2D eigenvalue weighted by atomic mass is 10.2. The molecule has 0 spiro atoms. The first-order valence-corrected chi connectivity index (χ1v) is 10.5. The molecule has 2 aromatic rings. The van der Waals surface area contributed by atoms with E-state index in [2.05, 4.69) is 0 Å². The Morgan fingerprint density at radius 1 is 1.08 bits per heavy atom. The molecule has 2 aromatic carbocycles. The van der Waals surface area contributed by atoms with E-state index in [-0.39, 0.29) is 9.80 Å². The van der Waals surface area contributed by atoms with Crippen LogP contribution in [0.4, 0.5) is 0 Å². The Bertz CT molecular complexity index is 901. The van der Waals surface area contributed by atoms with Crippen molar-refractivity contribution in [3.8, 4) is 6.07 Å². The second-order valence-electron chi connectivity index (χ2n) is 5.67. The minimum absolute atomic E-state index is 0.153. The van der Waals surface area contributed by atoms with Gasteiger partial charge in [0, 0.05) is 18.8 Å². The summed E-state index contributed by atoms with van der Waals surface area (Å²) in [7, 11) is -3.82. The third kappa shape index (κ3) is 3.89. The van der Waals surface area contributed by atoms with Crippen LogP contribution in [0.15, 0.2) is 75.5 Å². The van der Waals surface area contributed by atoms with Crippen molar-refractivity contribution in [1.82, 2.24) is 4.90 Å². The topological polar surface area (TPSA) is 61.2 Å². The third-order valence-electron chi connectivity index (χ3n) is 3.93. The molecule has 0 aliphatic carbocycles. The highest BCUT2D eigenvalue weighted by molar-refractivity contribution is 8.04. The lowest BCUT2D eigenvalue weighted by Crippen LogP contribution is -2.29. The number of benzene rings is 2. The van der Waals surface area contributed by atoms with Gasteiger partial charge < -0.3 is 4.90 Å². The fourth-order valence-corrected chi connectivity index (χ4v) is 5.44. The van der Waals surface area contributed by atoms with E-state index in [4.69, 9.17) is 0 Å². The van der Waals surface area contributed by atoms with Gasteiger partial charge in [0.25, 0.3) is 0 Å². The normalized spacial score (nSPS) is 17.0. The number of hydrogen-bond donors (Lipinski definition) is 0. The van der Waals surface area contributed by atoms with Crippen molar-refractivity contribution < 1.29 is 8.42 Å². The maximum absolute atomic E-state index is 12.9. The van der Waals surface area contributed by atoms with E-state index in [1.165, 1.54) is 23.9 Å². The van der Waals surface area contributed by atoms with Crippen LogP contribution in [0.3, 0.4) is 0 Å². The molecule has 3 rings (SSSR count). The van der Waals surface area contributed by atoms with E-state index in [0.717, 1.165) is 24.3 Å². The van der Waals surface area contributed by atoms with Crippen LogP contribution in [-0.4, -0.2) is 25.6 Å². The Morgan fingerprint density at radius 3 is 2.36 bits per heavy atom. The molecule has 0 radical (unpaired) electrons. The average molecular weight is 370 g/mol. The molecule has 1 saturated heterocycles. The van der Waals surface area contributed by atoms with E-state index in [9.17, 15) is 13.7 Å². The van der Waals surface area contributed by atoms with Crippen LogP contribution in [0.25, 0.3) is 0 Å². The Balaban J connectivity index is 2.02. The fourth-order valence-electron chi connectivity index (χ4n) is 2.72. The number of thioether (sulfide) groups is 1. The number of hydrogen-bond acceptors (Lipinski definition) is 5. The van der Waals surface area contributed by atoms with Gasteiger partial charge in [-0.2, -0.15) is 5.26 Å². The summed E-state index contributed by atoms with van der Waals surface area (Å²) in [6.07, 6.45) is 0.963. The first kappa shape index (κ1) is 17.6. The van der Waals surface area contributed by atoms with Gasteiger partial charge in [0.2, 0.25) is 9.84 Å². The van der Waals surface area contributed by atoms with E-state index >= 15 is 0 Å². The average Bonchev–Trinajstić information content (AvgIpc) is 2.65. The van der Waals surface area contributed by atoms with Gasteiger partial charge in [0.05, 0.1) is 4.90 Å². The molecule has 0 atom stereocenters. The molecular formula is C19H18N2O2S2. The van der Waals surface area contributed by atoms with Gasteiger partial charge in [-0.15, -0.1) is 11.8 Å². The molecule has 0 saturated carbocycles. The second-order valence-corrected chi connectivity index (χ2v) is 8.64. The van der Waals surface area contributed by atoms with Crippen molar-refractivity contribution >= 4 is 21.6 Å². The molecule has 0 bridgehead atoms. The quantitative estimate of drug-likeness (QED) is 0.766. The van der Waals surface area contributed by atoms with Gasteiger partial charge in [-0.05, 0) is 24.1 Å². The molecule has 25 heavy (non-hydrogen) atoms. The number of sulfone groups is 1. The van der Waals surface area contributed by atoms with Crippen LogP contribution in [-0.2, 0) is 16.4 Å². The summed E-state index contributed by atoms with van der Waals surface area (Å²) in [5.41, 5.74) is 1.09. The zero-order valence-corrected chi connectivity index (χ0v) is 15.3. The predicted molar refractivity (Wildman–Crippen MR) is 100 cm³/mol. The number of nitrogens with zero attached hydrogens (tertiary/aromatic N) is 2. The van der Waals surface area contributed by atoms with Crippen molar-refractivity contribution in [3.63, 3.8) is 0 Å². The highest BCUT2D eigenvalue weighted by Gasteiger charge is 2.29. The van der Waals surface area contributed by atoms with Gasteiger partial charge in [-0.1, -0.05) is 48.5 Å². The maximum Gasteiger partial charge on any atom is 0.219 e. The number of rotatable bonds is 4. The smallest absolute Gasteiger partial charge is 0.219 e. The summed E-state index contributed by atoms with van der Waals surface area (Å²) in [5, 5.41) is 10.2. The standard InChI is InChI=1S/C19H18N2O2S2/c20-14-18(25(22,23)17-10-5-2-6-11-17)19-21(12-7-13-24-19)15-16-8-3-1-4-9-16/h1-6,8-11H,7,12-13,15H2/b19-18+. The zero-order chi connectivity index (χ0) is 17.7. The van der Waals surface area contributed by atoms with Gasteiger partial charge in [0.15, 0.2) is 4.91 Å². The van der Waals surface area contributed by atoms with Crippen LogP contribution in [0.5, 0.6) is 0 Å². The number of nitriles is 1. The van der Waals surface area contributed by atoms with Crippen LogP contribution < -0.4 is 0 Å². The SMILES string of the molecule is N#C/C(=C1\SCCCN1Cc1ccccc1)S(=O)(=O)c1ccccc1. The molecule has 4 nitrogen and oxygen atoms in total. The minimum atomic E-state index is -3.82. The van der Waals surface area contributed by atoms with E-state index in [0.29, 0.717) is 11.6 Å². The monoisotopic (exact) mass is 370 g/mol. The van der Waals surface area contributed by atoms with Gasteiger partial charge >= 0.3 is 0 Å². The lowest BCUT2D eigenvalue weighted by Gasteiger charge is -2.31. The van der Waals surface area contributed by atoms with E-state index in [1.54, 1.807) is 18.2 Å². The lowest BCUT2D eigenvalue weighted by molar-refractivity contribution is 0.353. The highest BCUT2D eigenvalue weighted by atomic mass is 32.2. The molecule has 0 N–H and O–H groups in total. The molecule has 1 aliphatic rings. The molecule has 1 heterocycles. The molecule has 128 valence electrons. The van der Waals surface area contributed by atoms with Crippen LogP contribution in [0.2, 0.25) is 0 Å². The first-order chi connectivity index (χ1) is 12.1. The minimum Gasteiger partial charge on any atom is -0.360 e. The summed E-state index contributed by atoms with van der Waals surface area (Å²) in [5.74, 6) is 0.816. The highest BCUT2D eigenvalue weighted by Crippen LogP contribution is 2.34. The first-order valence-electron chi connectivity index (χ1n) is 7.99. The Kier molecular flexibility index (Phi) is 5.47. The number of allylic oxidation sites excluding steroid dienone is 1. The van der Waals surface area contributed by atoms with Gasteiger partial charge in [0.1, 0.15) is 11.1 Å². The summed E-state index contributed by atoms with van der Waals surface area (Å²) < 4.78 is 25.9. The molecule has 0 amide bonds. The molecule has 0 aromatic heterocycles. The van der Waals surface area contributed by atoms with Crippen LogP contribution in [0.1, 0.15) is 12.0 Å². The van der Waals surface area contributed by atoms with E-state index in [1.807, 2.05) is 41.3 Å². The Hall–Kier alpha value is -2.23. The third-order valence-corrected chi connectivity index (χ3v) is 7.01. The fraction of sp³-hybridized carbons (Fsp3) is 0.211. The molecular weight excluding hydrogens is 352 g/mol. The Morgan fingerprint density at radius 2 is 1.72 bits per heavy atom. The van der Waals surface area contributed by atoms with Crippen molar-refractivity contribution in [2.75, 3.05) is 12.3 Å². The van der Waals surface area contributed by atoms with E-state index < -0.39 is 9.84 Å². The molecule has 6 heteroatoms. The van der Waals surface area contributed by atoms with Gasteiger partial charge in [-0.3, -0.25) is 0 Å². The molecule has 0 unspecified atom stereocenters. The predicted octanol–water partition coefficient (Wildman–Crippen LogP) is 3.79. The summed E-state index contributed by atoms with van der Waals surface area (Å²) in [4.78, 5) is 2.01. The molecule has 1 fully saturated rings. The maximum atomic E-state index is 12.9. The largest absolute Gasteiger partial charge is 0.360 e. The van der Waals surface area contributed by atoms with Crippen LogP contribution in [0, 0.1) is 11.3 Å². The van der Waals surface area contributed by atoms with Gasteiger partial charge in [-0.25, -0.2) is 8.42 Å². The van der Waals surface area contributed by atoms with Crippen molar-refractivity contribution in [2.45, 2.75) is 17.9 Å². The summed E-state index contributed by atoms with van der Waals surface area (Å²) >= 11 is 1.45. The zero-order valence-electron chi connectivity index (χ0n) is 13.6. The second kappa shape index (κ2) is 7.77. The summed E-state index contributed by atoms with van der Waals surface area (Å²) in [6.45, 7) is 1.34. The molecule has 1 aliphatic heterocycles. The van der Waals surface area contributed by atoms with Crippen LogP contribution >= 0.6 is 11.8 Å². The van der Waals surface area contributed by atoms with Crippen molar-refractivity contribution in [1.29, 1.82) is 5.26 Å². The van der Waals surface area contributed by atoms with Crippen molar-refractivity contribution in [3.05, 3.63) is 76.2 Å². The van der Waals surface area contributed by atoms with Crippen molar-refractivity contribution in [2.24, 2.45) is 0 Å². The summed E-state index contributed by atoms with van der Waals surface area (Å²) in [6, 6.07) is 20.0. The Labute approximate surface area is 152 Å².